The van der Waals surface area contributed by atoms with Crippen LogP contribution in [0.15, 0.2) is 28.3 Å². The smallest absolute Gasteiger partial charge is 0.150 e. The molecule has 1 N–H and O–H groups in total. The highest BCUT2D eigenvalue weighted by Crippen LogP contribution is 2.24. The Morgan fingerprint density at radius 2 is 2.00 bits per heavy atom. The number of thiazole rings is 1. The van der Waals surface area contributed by atoms with Crippen LogP contribution in [0.1, 0.15) is 4.88 Å². The molecule has 0 spiro atoms. The Morgan fingerprint density at radius 1 is 1.31 bits per heavy atom. The van der Waals surface area contributed by atoms with E-state index in [9.17, 15) is 8.78 Å². The van der Waals surface area contributed by atoms with Gasteiger partial charge in [-0.25, -0.2) is 8.78 Å². The fourth-order valence-electron chi connectivity index (χ4n) is 1.22. The molecule has 0 radical (unpaired) electrons. The molecular formula is C10H7BrF2N2S. The molecule has 2 aromatic rings. The fourth-order valence-corrected chi connectivity index (χ4v) is 2.15. The summed E-state index contributed by atoms with van der Waals surface area (Å²) in [5, 5.41) is 2.71. The molecule has 1 aromatic carbocycles. The van der Waals surface area contributed by atoms with Crippen molar-refractivity contribution in [3.05, 3.63) is 44.8 Å². The molecule has 0 unspecified atom stereocenters. The molecule has 2 rings (SSSR count). The van der Waals surface area contributed by atoms with Crippen molar-refractivity contribution >= 4 is 33.0 Å². The van der Waals surface area contributed by atoms with Crippen LogP contribution >= 0.6 is 27.3 Å². The summed E-state index contributed by atoms with van der Waals surface area (Å²) in [7, 11) is 0. The number of halogens is 3. The van der Waals surface area contributed by atoms with Crippen molar-refractivity contribution < 1.29 is 8.78 Å². The standard InChI is InChI=1S/C10H7BrF2N2S/c11-6-1-8(12)10(9(13)2-6)15-4-7-3-14-5-16-7/h1-3,5,15H,4H2. The van der Waals surface area contributed by atoms with Gasteiger partial charge >= 0.3 is 0 Å². The van der Waals surface area contributed by atoms with Gasteiger partial charge in [-0.2, -0.15) is 0 Å². The molecule has 0 aliphatic carbocycles. The first kappa shape index (κ1) is 11.5. The predicted octanol–water partition coefficient (Wildman–Crippen LogP) is 3.80. The summed E-state index contributed by atoms with van der Waals surface area (Å²) in [6.45, 7) is 0.361. The van der Waals surface area contributed by atoms with Gasteiger partial charge in [0.15, 0.2) is 0 Å². The molecule has 0 aliphatic heterocycles. The molecule has 16 heavy (non-hydrogen) atoms. The molecule has 0 saturated carbocycles. The van der Waals surface area contributed by atoms with E-state index in [2.05, 4.69) is 26.2 Å². The van der Waals surface area contributed by atoms with Crippen molar-refractivity contribution in [2.45, 2.75) is 6.54 Å². The number of nitrogens with one attached hydrogen (secondary N) is 1. The first-order chi connectivity index (χ1) is 7.66. The average Bonchev–Trinajstić information content (AvgIpc) is 2.68. The third-order valence-electron chi connectivity index (χ3n) is 1.93. The summed E-state index contributed by atoms with van der Waals surface area (Å²) in [6.07, 6.45) is 1.66. The maximum Gasteiger partial charge on any atom is 0.150 e. The van der Waals surface area contributed by atoms with E-state index in [1.54, 1.807) is 11.7 Å². The highest BCUT2D eigenvalue weighted by molar-refractivity contribution is 9.10. The Hall–Kier alpha value is -1.01. The quantitative estimate of drug-likeness (QED) is 0.933. The number of aromatic nitrogens is 1. The molecule has 1 aromatic heterocycles. The largest absolute Gasteiger partial charge is 0.375 e. The molecule has 1 heterocycles. The van der Waals surface area contributed by atoms with Gasteiger partial charge in [-0.1, -0.05) is 15.9 Å². The zero-order valence-corrected chi connectivity index (χ0v) is 10.4. The minimum Gasteiger partial charge on any atom is -0.375 e. The van der Waals surface area contributed by atoms with Gasteiger partial charge in [0.2, 0.25) is 0 Å². The van der Waals surface area contributed by atoms with Crippen LogP contribution in [0.3, 0.4) is 0 Å². The first-order valence-electron chi connectivity index (χ1n) is 4.42. The molecule has 6 heteroatoms. The molecule has 0 bridgehead atoms. The molecule has 0 aliphatic rings. The van der Waals surface area contributed by atoms with Crippen LogP contribution in [-0.2, 0) is 6.54 Å². The van der Waals surface area contributed by atoms with E-state index in [0.29, 0.717) is 11.0 Å². The molecule has 2 nitrogen and oxygen atoms in total. The summed E-state index contributed by atoms with van der Waals surface area (Å²) < 4.78 is 27.2. The van der Waals surface area contributed by atoms with E-state index in [-0.39, 0.29) is 5.69 Å². The lowest BCUT2D eigenvalue weighted by atomic mass is 10.3. The SMILES string of the molecule is Fc1cc(Br)cc(F)c1NCc1cncs1. The van der Waals surface area contributed by atoms with Gasteiger partial charge in [0.25, 0.3) is 0 Å². The number of hydrogen-bond acceptors (Lipinski definition) is 3. The fraction of sp³-hybridized carbons (Fsp3) is 0.100. The van der Waals surface area contributed by atoms with Gasteiger partial charge in [-0.15, -0.1) is 11.3 Å². The predicted molar refractivity (Wildman–Crippen MR) is 63.5 cm³/mol. The van der Waals surface area contributed by atoms with E-state index in [1.165, 1.54) is 23.5 Å². The van der Waals surface area contributed by atoms with E-state index in [4.69, 9.17) is 0 Å². The Morgan fingerprint density at radius 3 is 2.56 bits per heavy atom. The Bertz CT molecular complexity index is 465. The van der Waals surface area contributed by atoms with Crippen molar-refractivity contribution in [1.82, 2.24) is 4.98 Å². The molecular weight excluding hydrogens is 298 g/mol. The van der Waals surface area contributed by atoms with Crippen LogP contribution in [0, 0.1) is 11.6 Å². The van der Waals surface area contributed by atoms with Crippen molar-refractivity contribution in [2.24, 2.45) is 0 Å². The number of rotatable bonds is 3. The van der Waals surface area contributed by atoms with Crippen LogP contribution in [0.25, 0.3) is 0 Å². The topological polar surface area (TPSA) is 24.9 Å². The molecule has 84 valence electrons. The van der Waals surface area contributed by atoms with Crippen LogP contribution in [0.4, 0.5) is 14.5 Å². The highest BCUT2D eigenvalue weighted by atomic mass is 79.9. The molecule has 0 atom stereocenters. The third-order valence-corrected chi connectivity index (χ3v) is 3.17. The van der Waals surface area contributed by atoms with Gasteiger partial charge in [0.05, 0.1) is 12.1 Å². The van der Waals surface area contributed by atoms with Gasteiger partial charge in [-0.3, -0.25) is 4.98 Å². The first-order valence-corrected chi connectivity index (χ1v) is 6.10. The van der Waals surface area contributed by atoms with Crippen LogP contribution in [0.5, 0.6) is 0 Å². The normalized spacial score (nSPS) is 10.4. The van der Waals surface area contributed by atoms with Crippen LogP contribution in [0.2, 0.25) is 0 Å². The molecule has 0 saturated heterocycles. The second-order valence-corrected chi connectivity index (χ2v) is 4.95. The monoisotopic (exact) mass is 304 g/mol. The van der Waals surface area contributed by atoms with Crippen LogP contribution < -0.4 is 5.32 Å². The third kappa shape index (κ3) is 2.56. The highest BCUT2D eigenvalue weighted by Gasteiger charge is 2.10. The van der Waals surface area contributed by atoms with Crippen molar-refractivity contribution in [2.75, 3.05) is 5.32 Å². The van der Waals surface area contributed by atoms with E-state index >= 15 is 0 Å². The zero-order chi connectivity index (χ0) is 11.5. The molecule has 0 fully saturated rings. The van der Waals surface area contributed by atoms with E-state index in [0.717, 1.165) is 4.88 Å². The lowest BCUT2D eigenvalue weighted by Crippen LogP contribution is -2.02. The Labute approximate surface area is 103 Å². The minimum absolute atomic E-state index is 0.114. The second-order valence-electron chi connectivity index (χ2n) is 3.07. The number of anilines is 1. The van der Waals surface area contributed by atoms with Crippen molar-refractivity contribution in [3.8, 4) is 0 Å². The maximum atomic E-state index is 13.4. The van der Waals surface area contributed by atoms with Gasteiger partial charge in [0, 0.05) is 15.5 Å². The number of nitrogens with zero attached hydrogens (tertiary/aromatic N) is 1. The van der Waals surface area contributed by atoms with E-state index < -0.39 is 11.6 Å². The van der Waals surface area contributed by atoms with Gasteiger partial charge in [0.1, 0.15) is 17.3 Å². The summed E-state index contributed by atoms with van der Waals surface area (Å²) in [4.78, 5) is 4.80. The van der Waals surface area contributed by atoms with Gasteiger partial charge < -0.3 is 5.32 Å². The van der Waals surface area contributed by atoms with E-state index in [1.807, 2.05) is 0 Å². The van der Waals surface area contributed by atoms with Crippen molar-refractivity contribution in [1.29, 1.82) is 0 Å². The maximum absolute atomic E-state index is 13.4. The Balaban J connectivity index is 2.15. The van der Waals surface area contributed by atoms with Crippen molar-refractivity contribution in [3.63, 3.8) is 0 Å². The summed E-state index contributed by atoms with van der Waals surface area (Å²) in [5.74, 6) is -1.23. The molecule has 0 amide bonds. The number of benzene rings is 1. The second kappa shape index (κ2) is 4.88. The van der Waals surface area contributed by atoms with Gasteiger partial charge in [-0.05, 0) is 12.1 Å². The summed E-state index contributed by atoms with van der Waals surface area (Å²) >= 11 is 4.45. The lowest BCUT2D eigenvalue weighted by Gasteiger charge is -2.07. The summed E-state index contributed by atoms with van der Waals surface area (Å²) in [5.41, 5.74) is 1.56. The lowest BCUT2D eigenvalue weighted by molar-refractivity contribution is 0.586. The summed E-state index contributed by atoms with van der Waals surface area (Å²) in [6, 6.07) is 2.44. The Kier molecular flexibility index (Phi) is 3.50. The van der Waals surface area contributed by atoms with Crippen LogP contribution in [-0.4, -0.2) is 4.98 Å². The average molecular weight is 305 g/mol. The zero-order valence-electron chi connectivity index (χ0n) is 8.01. The number of hydrogen-bond donors (Lipinski definition) is 1. The minimum atomic E-state index is -0.614.